The molecule has 4 rings (SSSR count). The molecule has 0 saturated carbocycles. The van der Waals surface area contributed by atoms with E-state index < -0.39 is 15.9 Å². The number of carbonyl (C=O) groups excluding carboxylic acids is 2. The average molecular weight is 564 g/mol. The van der Waals surface area contributed by atoms with E-state index in [4.69, 9.17) is 21.1 Å². The molecular weight excluding hydrogens is 538 g/mol. The number of amides is 2. The molecule has 1 aromatic heterocycles. The zero-order chi connectivity index (χ0) is 26.7. The second-order valence-corrected chi connectivity index (χ2v) is 11.8. The van der Waals surface area contributed by atoms with Gasteiger partial charge in [0.1, 0.15) is 9.77 Å². The van der Waals surface area contributed by atoms with Crippen LogP contribution in [-0.2, 0) is 14.8 Å². The topological polar surface area (TPSA) is 105 Å². The summed E-state index contributed by atoms with van der Waals surface area (Å²) in [6, 6.07) is 12.8. The Kier molecular flexibility index (Phi) is 7.96. The Morgan fingerprint density at radius 1 is 1.16 bits per heavy atom. The number of rotatable bonds is 9. The fraction of sp³-hybridized carbons (Fsp3) is 0.280. The van der Waals surface area contributed by atoms with Crippen LogP contribution < -0.4 is 24.0 Å². The minimum absolute atomic E-state index is 0.0476. The summed E-state index contributed by atoms with van der Waals surface area (Å²) in [5.41, 5.74) is 1.52. The maximum atomic E-state index is 13.5. The number of thiophene rings is 1. The number of anilines is 3. The highest BCUT2D eigenvalue weighted by atomic mass is 35.5. The third-order valence-electron chi connectivity index (χ3n) is 5.83. The molecule has 3 aromatic rings. The largest absolute Gasteiger partial charge is 0.493 e. The quantitative estimate of drug-likeness (QED) is 0.392. The van der Waals surface area contributed by atoms with Crippen LogP contribution in [0.25, 0.3) is 0 Å². The van der Waals surface area contributed by atoms with Gasteiger partial charge in [-0.1, -0.05) is 11.6 Å². The lowest BCUT2D eigenvalue weighted by atomic mass is 10.2. The number of hydrogen-bond donors (Lipinski definition) is 1. The van der Waals surface area contributed by atoms with Gasteiger partial charge in [0, 0.05) is 37.5 Å². The monoisotopic (exact) mass is 563 g/mol. The lowest BCUT2D eigenvalue weighted by Gasteiger charge is -2.21. The molecule has 196 valence electrons. The highest BCUT2D eigenvalue weighted by Crippen LogP contribution is 2.37. The van der Waals surface area contributed by atoms with Crippen molar-refractivity contribution in [2.24, 2.45) is 0 Å². The zero-order valence-electron chi connectivity index (χ0n) is 20.5. The molecule has 12 heteroatoms. The van der Waals surface area contributed by atoms with Crippen molar-refractivity contribution < 1.29 is 27.5 Å². The van der Waals surface area contributed by atoms with Crippen LogP contribution in [0, 0.1) is 0 Å². The van der Waals surface area contributed by atoms with Crippen LogP contribution in [0.15, 0.2) is 53.4 Å². The fourth-order valence-electron chi connectivity index (χ4n) is 3.94. The number of halogens is 1. The van der Waals surface area contributed by atoms with E-state index in [-0.39, 0.29) is 20.0 Å². The van der Waals surface area contributed by atoms with Crippen LogP contribution in [0.5, 0.6) is 11.5 Å². The molecule has 1 saturated heterocycles. The van der Waals surface area contributed by atoms with Gasteiger partial charge in [-0.25, -0.2) is 8.42 Å². The number of ether oxygens (including phenoxy) is 2. The maximum Gasteiger partial charge on any atom is 0.267 e. The average Bonchev–Trinajstić information content (AvgIpc) is 3.50. The van der Waals surface area contributed by atoms with Gasteiger partial charge < -0.3 is 19.7 Å². The Bertz CT molecular complexity index is 1420. The van der Waals surface area contributed by atoms with Crippen molar-refractivity contribution in [3.05, 3.63) is 57.7 Å². The van der Waals surface area contributed by atoms with Gasteiger partial charge >= 0.3 is 0 Å². The van der Waals surface area contributed by atoms with Gasteiger partial charge in [0.2, 0.25) is 5.91 Å². The summed E-state index contributed by atoms with van der Waals surface area (Å²) in [6.45, 7) is 2.92. The van der Waals surface area contributed by atoms with Crippen molar-refractivity contribution in [2.75, 3.05) is 41.8 Å². The van der Waals surface area contributed by atoms with Crippen molar-refractivity contribution in [3.8, 4) is 11.5 Å². The molecule has 1 fully saturated rings. The number of nitrogens with one attached hydrogen (secondary N) is 1. The zero-order valence-corrected chi connectivity index (χ0v) is 22.9. The first-order valence-electron chi connectivity index (χ1n) is 11.5. The Morgan fingerprint density at radius 3 is 2.51 bits per heavy atom. The molecule has 0 bridgehead atoms. The second-order valence-electron chi connectivity index (χ2n) is 8.13. The first-order valence-corrected chi connectivity index (χ1v) is 14.1. The molecule has 0 aliphatic carbocycles. The first kappa shape index (κ1) is 26.8. The predicted molar refractivity (Wildman–Crippen MR) is 145 cm³/mol. The van der Waals surface area contributed by atoms with Crippen molar-refractivity contribution in [2.45, 2.75) is 24.7 Å². The van der Waals surface area contributed by atoms with E-state index in [9.17, 15) is 18.0 Å². The number of hydrogen-bond acceptors (Lipinski definition) is 7. The summed E-state index contributed by atoms with van der Waals surface area (Å²) in [4.78, 5) is 26.5. The third-order valence-corrected chi connectivity index (χ3v) is 9.04. The van der Waals surface area contributed by atoms with Crippen LogP contribution >= 0.6 is 22.9 Å². The lowest BCUT2D eigenvalue weighted by molar-refractivity contribution is -0.117. The van der Waals surface area contributed by atoms with Gasteiger partial charge in [0.25, 0.3) is 15.9 Å². The highest BCUT2D eigenvalue weighted by Gasteiger charge is 2.30. The predicted octanol–water partition coefficient (Wildman–Crippen LogP) is 5.01. The van der Waals surface area contributed by atoms with Crippen LogP contribution in [0.2, 0.25) is 4.34 Å². The van der Waals surface area contributed by atoms with E-state index in [0.717, 1.165) is 27.8 Å². The van der Waals surface area contributed by atoms with Crippen molar-refractivity contribution in [3.63, 3.8) is 0 Å². The van der Waals surface area contributed by atoms with Crippen LogP contribution in [0.4, 0.5) is 17.1 Å². The minimum Gasteiger partial charge on any atom is -0.493 e. The molecule has 2 amide bonds. The van der Waals surface area contributed by atoms with E-state index in [1.54, 1.807) is 47.4 Å². The van der Waals surface area contributed by atoms with Gasteiger partial charge in [-0.15, -0.1) is 11.3 Å². The number of carbonyl (C=O) groups is 2. The van der Waals surface area contributed by atoms with E-state index >= 15 is 0 Å². The summed E-state index contributed by atoms with van der Waals surface area (Å²) in [5.74, 6) is 0.312. The molecule has 1 N–H and O–H groups in total. The molecule has 0 radical (unpaired) electrons. The Hall–Kier alpha value is -3.28. The smallest absolute Gasteiger partial charge is 0.267 e. The SMILES string of the molecule is CCOc1ccc(N(C)S(=O)(=O)c2cc(Cl)sc2C(=O)Nc2ccc(N3CCCC3=O)cc2)cc1OC. The van der Waals surface area contributed by atoms with E-state index in [1.165, 1.54) is 20.2 Å². The van der Waals surface area contributed by atoms with Gasteiger partial charge in [-0.05, 0) is 55.8 Å². The minimum atomic E-state index is -4.16. The number of methoxy groups -OCH3 is 1. The first-order chi connectivity index (χ1) is 17.6. The van der Waals surface area contributed by atoms with Crippen LogP contribution in [0.1, 0.15) is 29.4 Å². The van der Waals surface area contributed by atoms with Crippen molar-refractivity contribution in [1.29, 1.82) is 0 Å². The number of benzene rings is 2. The second kappa shape index (κ2) is 11.0. The summed E-state index contributed by atoms with van der Waals surface area (Å²) in [7, 11) is -1.31. The number of nitrogens with zero attached hydrogens (tertiary/aromatic N) is 2. The molecule has 1 aliphatic rings. The number of sulfonamides is 1. The molecule has 37 heavy (non-hydrogen) atoms. The standard InChI is InChI=1S/C25H26ClN3O6S2/c1-4-35-19-12-11-18(14-20(19)34-3)28(2)37(32,33)21-15-22(26)36-24(21)25(31)27-16-7-9-17(10-8-16)29-13-5-6-23(29)30/h7-12,14-15H,4-6,13H2,1-3H3,(H,27,31). The fourth-order valence-corrected chi connectivity index (χ4v) is 6.82. The molecule has 2 aromatic carbocycles. The maximum absolute atomic E-state index is 13.5. The molecule has 9 nitrogen and oxygen atoms in total. The molecule has 1 aliphatic heterocycles. The molecule has 0 unspecified atom stereocenters. The van der Waals surface area contributed by atoms with Crippen molar-refractivity contribution >= 4 is 61.8 Å². The van der Waals surface area contributed by atoms with E-state index in [0.29, 0.717) is 42.4 Å². The Labute approximate surface area is 224 Å². The molecule has 0 spiro atoms. The van der Waals surface area contributed by atoms with Gasteiger partial charge in [-0.3, -0.25) is 13.9 Å². The van der Waals surface area contributed by atoms with E-state index in [2.05, 4.69) is 5.32 Å². The Balaban J connectivity index is 1.57. The van der Waals surface area contributed by atoms with Crippen LogP contribution in [0.3, 0.4) is 0 Å². The van der Waals surface area contributed by atoms with Gasteiger partial charge in [0.15, 0.2) is 11.5 Å². The van der Waals surface area contributed by atoms with Crippen LogP contribution in [-0.4, -0.2) is 47.5 Å². The summed E-state index contributed by atoms with van der Waals surface area (Å²) < 4.78 is 39.1. The third kappa shape index (κ3) is 5.53. The highest BCUT2D eigenvalue weighted by molar-refractivity contribution is 7.93. The van der Waals surface area contributed by atoms with Gasteiger partial charge in [0.05, 0.1) is 23.7 Å². The molecular formula is C25H26ClN3O6S2. The Morgan fingerprint density at radius 2 is 1.89 bits per heavy atom. The molecule has 0 atom stereocenters. The summed E-state index contributed by atoms with van der Waals surface area (Å²) in [6.07, 6.45) is 1.33. The normalized spacial score (nSPS) is 13.5. The van der Waals surface area contributed by atoms with Crippen molar-refractivity contribution in [1.82, 2.24) is 0 Å². The summed E-state index contributed by atoms with van der Waals surface area (Å²) >= 11 is 7.03. The summed E-state index contributed by atoms with van der Waals surface area (Å²) in [5, 5.41) is 2.72. The lowest BCUT2D eigenvalue weighted by Crippen LogP contribution is -2.28. The molecule has 2 heterocycles. The van der Waals surface area contributed by atoms with Gasteiger partial charge in [-0.2, -0.15) is 0 Å². The van der Waals surface area contributed by atoms with E-state index in [1.807, 2.05) is 6.92 Å².